The number of rotatable bonds is 15. The standard InChI is InChI=1S/C39H48N8O12S/c1-20(45(2)33(52)28-16-23-15-25(49)8-7-22(23)18-41-28)32(40)35(54)47(19-26-17-30(50)36(59-26)46-11-9-31(51)44-39(46)58)34(53)27(10-12-60-3)42-38(57)43-29(37(55)56)14-21-5-4-6-24(48)13-21/h4-9,11,13,15,19-20,27-30,32,36,41,48-50H,10,12,14,16-18,40H2,1-3H3,(H,55,56)(H2,42,43,57)(H,44,51,58). The second-order valence-corrected chi connectivity index (χ2v) is 15.4. The Bertz CT molecular complexity index is 2250. The van der Waals surface area contributed by atoms with Gasteiger partial charge in [-0.2, -0.15) is 11.8 Å². The predicted molar refractivity (Wildman–Crippen MR) is 216 cm³/mol. The molecular weight excluding hydrogens is 805 g/mol. The summed E-state index contributed by atoms with van der Waals surface area (Å²) < 4.78 is 6.74. The SMILES string of the molecule is CSCCC(NC(=O)NC(Cc1cccc(O)c1)C(=O)O)C(=O)N(C=C1CC(O)C(n2ccc(=O)[nH]c2=O)O1)C(=O)C(N)C(C)N(C)C(=O)C1Cc2cc(O)ccc2CN1. The Kier molecular flexibility index (Phi) is 14.8. The number of carbonyl (C=O) groups excluding carboxylic acids is 4. The van der Waals surface area contributed by atoms with Crippen LogP contribution in [0.3, 0.4) is 0 Å². The molecule has 0 radical (unpaired) electrons. The number of aliphatic hydroxyl groups excluding tert-OH is 1. The van der Waals surface area contributed by atoms with E-state index >= 15 is 0 Å². The van der Waals surface area contributed by atoms with Gasteiger partial charge < -0.3 is 51.7 Å². The first-order valence-electron chi connectivity index (χ1n) is 18.8. The Labute approximate surface area is 347 Å². The first kappa shape index (κ1) is 44.9. The maximum atomic E-state index is 14.5. The lowest BCUT2D eigenvalue weighted by Crippen LogP contribution is -2.60. The van der Waals surface area contributed by atoms with E-state index in [2.05, 4.69) is 20.9 Å². The fourth-order valence-electron chi connectivity index (χ4n) is 6.79. The molecule has 60 heavy (non-hydrogen) atoms. The Morgan fingerprint density at radius 1 is 1.02 bits per heavy atom. The normalized spacial score (nSPS) is 19.8. The van der Waals surface area contributed by atoms with E-state index in [9.17, 15) is 54.0 Å². The predicted octanol–water partition coefficient (Wildman–Crippen LogP) is -0.570. The number of nitrogens with one attached hydrogen (secondary N) is 4. The molecule has 7 atom stereocenters. The number of carboxylic acids is 1. The van der Waals surface area contributed by atoms with E-state index < -0.39 is 83.5 Å². The molecule has 0 spiro atoms. The van der Waals surface area contributed by atoms with Crippen LogP contribution in [0.4, 0.5) is 4.79 Å². The van der Waals surface area contributed by atoms with Gasteiger partial charge in [-0.05, 0) is 72.7 Å². The summed E-state index contributed by atoms with van der Waals surface area (Å²) >= 11 is 1.31. The molecule has 20 nitrogen and oxygen atoms in total. The number of aliphatic hydroxyl groups is 1. The highest BCUT2D eigenvalue weighted by molar-refractivity contribution is 7.98. The van der Waals surface area contributed by atoms with Crippen molar-refractivity contribution >= 4 is 41.5 Å². The highest BCUT2D eigenvalue weighted by Crippen LogP contribution is 2.31. The topological polar surface area (TPSA) is 299 Å². The second kappa shape index (κ2) is 19.7. The summed E-state index contributed by atoms with van der Waals surface area (Å²) in [6.45, 7) is 1.84. The fourth-order valence-corrected chi connectivity index (χ4v) is 7.26. The number of hydrogen-bond acceptors (Lipinski definition) is 14. The number of fused-ring (bicyclic) bond motifs is 1. The van der Waals surface area contributed by atoms with Crippen molar-refractivity contribution in [3.63, 3.8) is 0 Å². The lowest BCUT2D eigenvalue weighted by Gasteiger charge is -2.35. The molecule has 1 saturated heterocycles. The summed E-state index contributed by atoms with van der Waals surface area (Å²) in [5.74, 6) is -3.85. The number of benzene rings is 2. The van der Waals surface area contributed by atoms with Gasteiger partial charge in [0.15, 0.2) is 0 Å². The van der Waals surface area contributed by atoms with Crippen molar-refractivity contribution in [3.05, 3.63) is 104 Å². The van der Waals surface area contributed by atoms with Crippen LogP contribution in [-0.2, 0) is 43.3 Å². The summed E-state index contributed by atoms with van der Waals surface area (Å²) in [5.41, 5.74) is 7.00. The van der Waals surface area contributed by atoms with Gasteiger partial charge >= 0.3 is 17.7 Å². The van der Waals surface area contributed by atoms with Crippen molar-refractivity contribution in [1.29, 1.82) is 0 Å². The van der Waals surface area contributed by atoms with Crippen LogP contribution < -0.4 is 32.9 Å². The number of likely N-dealkylation sites (N-methyl/N-ethyl adjacent to an activating group) is 1. The van der Waals surface area contributed by atoms with Crippen molar-refractivity contribution in [1.82, 2.24) is 35.3 Å². The number of urea groups is 1. The number of thioether (sulfide) groups is 1. The average Bonchev–Trinajstić information content (AvgIpc) is 3.58. The molecule has 0 aliphatic carbocycles. The second-order valence-electron chi connectivity index (χ2n) is 14.5. The number of carbonyl (C=O) groups is 5. The third-order valence-corrected chi connectivity index (χ3v) is 10.9. The van der Waals surface area contributed by atoms with Crippen LogP contribution in [0.25, 0.3) is 0 Å². The third kappa shape index (κ3) is 10.9. The van der Waals surface area contributed by atoms with Gasteiger partial charge in [0, 0.05) is 38.7 Å². The molecule has 1 fully saturated rings. The zero-order valence-electron chi connectivity index (χ0n) is 32.9. The molecule has 7 unspecified atom stereocenters. The van der Waals surface area contributed by atoms with Gasteiger partial charge in [0.2, 0.25) is 12.1 Å². The molecule has 1 aromatic heterocycles. The van der Waals surface area contributed by atoms with Gasteiger partial charge in [0.1, 0.15) is 41.5 Å². The molecule has 10 N–H and O–H groups in total. The number of phenolic OH excluding ortho intramolecular Hbond substituents is 2. The number of ether oxygens (including phenoxy) is 1. The minimum Gasteiger partial charge on any atom is -0.508 e. The number of hydrogen-bond donors (Lipinski definition) is 9. The van der Waals surface area contributed by atoms with E-state index in [4.69, 9.17) is 10.5 Å². The van der Waals surface area contributed by atoms with Crippen molar-refractivity contribution < 1.29 is 49.1 Å². The highest BCUT2D eigenvalue weighted by atomic mass is 32.2. The molecule has 3 aromatic rings. The molecule has 2 aromatic carbocycles. The number of aromatic amines is 1. The molecule has 5 amide bonds. The fraction of sp³-hybridized carbons (Fsp3) is 0.410. The Morgan fingerprint density at radius 2 is 1.73 bits per heavy atom. The zero-order valence-corrected chi connectivity index (χ0v) is 33.8. The molecule has 5 rings (SSSR count). The number of aromatic hydroxyl groups is 2. The molecule has 21 heteroatoms. The summed E-state index contributed by atoms with van der Waals surface area (Å²) in [7, 11) is 1.44. The maximum absolute atomic E-state index is 14.5. The Balaban J connectivity index is 1.41. The van der Waals surface area contributed by atoms with E-state index in [1.54, 1.807) is 30.5 Å². The lowest BCUT2D eigenvalue weighted by molar-refractivity contribution is -0.145. The Hall–Kier alpha value is -6.16. The Morgan fingerprint density at radius 3 is 2.42 bits per heavy atom. The van der Waals surface area contributed by atoms with Crippen LogP contribution in [0.5, 0.6) is 11.5 Å². The number of amides is 5. The number of carboxylic acid groups (broad SMARTS) is 1. The van der Waals surface area contributed by atoms with Crippen LogP contribution >= 0.6 is 11.8 Å². The minimum absolute atomic E-state index is 0.0451. The van der Waals surface area contributed by atoms with E-state index in [0.29, 0.717) is 17.0 Å². The number of nitrogens with two attached hydrogens (primary N) is 1. The van der Waals surface area contributed by atoms with Crippen LogP contribution in [0.2, 0.25) is 0 Å². The first-order chi connectivity index (χ1) is 28.5. The van der Waals surface area contributed by atoms with Crippen molar-refractivity contribution in [2.45, 2.75) is 81.7 Å². The smallest absolute Gasteiger partial charge is 0.331 e. The first-order valence-corrected chi connectivity index (χ1v) is 20.2. The summed E-state index contributed by atoms with van der Waals surface area (Å²) in [4.78, 5) is 96.3. The molecule has 3 heterocycles. The van der Waals surface area contributed by atoms with Crippen LogP contribution in [0, 0.1) is 0 Å². The van der Waals surface area contributed by atoms with E-state index in [-0.39, 0.29) is 48.7 Å². The average molecular weight is 853 g/mol. The highest BCUT2D eigenvalue weighted by Gasteiger charge is 2.40. The van der Waals surface area contributed by atoms with Crippen molar-refractivity contribution in [2.75, 3.05) is 19.1 Å². The zero-order chi connectivity index (χ0) is 43.8. The molecule has 0 bridgehead atoms. The number of phenols is 2. The van der Waals surface area contributed by atoms with Gasteiger partial charge in [0.05, 0.1) is 18.3 Å². The molecule has 0 saturated carbocycles. The molecule has 2 aliphatic rings. The monoisotopic (exact) mass is 852 g/mol. The van der Waals surface area contributed by atoms with Crippen LogP contribution in [-0.4, -0.2) is 125 Å². The largest absolute Gasteiger partial charge is 0.508 e. The van der Waals surface area contributed by atoms with Gasteiger partial charge in [-0.1, -0.05) is 18.2 Å². The molecule has 322 valence electrons. The van der Waals surface area contributed by atoms with E-state index in [1.807, 2.05) is 0 Å². The van der Waals surface area contributed by atoms with Crippen molar-refractivity contribution in [2.24, 2.45) is 5.73 Å². The van der Waals surface area contributed by atoms with Crippen LogP contribution in [0.15, 0.2) is 76.3 Å². The number of nitrogens with zero attached hydrogens (tertiary/aromatic N) is 3. The number of aromatic nitrogens is 2. The quantitative estimate of drug-likeness (QED) is 0.0925. The van der Waals surface area contributed by atoms with E-state index in [1.165, 1.54) is 48.8 Å². The van der Waals surface area contributed by atoms with Gasteiger partial charge in [-0.25, -0.2) is 14.4 Å². The lowest BCUT2D eigenvalue weighted by atomic mass is 9.94. The van der Waals surface area contributed by atoms with Gasteiger partial charge in [0.25, 0.3) is 17.4 Å². The molecule has 2 aliphatic heterocycles. The molecular formula is C39H48N8O12S. The summed E-state index contributed by atoms with van der Waals surface area (Å²) in [6.07, 6.45) is 0.673. The minimum atomic E-state index is -1.57. The maximum Gasteiger partial charge on any atom is 0.331 e. The number of H-pyrrole nitrogens is 1. The van der Waals surface area contributed by atoms with Crippen molar-refractivity contribution in [3.8, 4) is 11.5 Å². The van der Waals surface area contributed by atoms with Gasteiger partial charge in [-0.15, -0.1) is 0 Å². The van der Waals surface area contributed by atoms with E-state index in [0.717, 1.165) is 34.2 Å². The number of aliphatic carboxylic acids is 1. The summed E-state index contributed by atoms with van der Waals surface area (Å²) in [5, 5.41) is 48.6. The van der Waals surface area contributed by atoms with Crippen LogP contribution in [0.1, 0.15) is 42.7 Å². The summed E-state index contributed by atoms with van der Waals surface area (Å²) in [6, 6.07) is 4.32. The van der Waals surface area contributed by atoms with Gasteiger partial charge in [-0.3, -0.25) is 33.6 Å². The third-order valence-electron chi connectivity index (χ3n) is 10.3. The number of imide groups is 1.